The molecule has 1 aromatic heterocycles. The highest BCUT2D eigenvalue weighted by molar-refractivity contribution is 6.99. The third kappa shape index (κ3) is 2.62. The van der Waals surface area contributed by atoms with Crippen LogP contribution in [-0.2, 0) is 4.74 Å². The SMILES string of the molecule is CCC(C)Oc1nsnc1N1CCOCC1. The first-order valence-electron chi connectivity index (χ1n) is 5.63. The standard InChI is InChI=1S/C10H17N3O2S/c1-3-8(2)15-10-9(11-16-12-10)13-4-6-14-7-5-13/h8H,3-7H2,1-2H3. The molecule has 1 aliphatic heterocycles. The number of hydrogen-bond donors (Lipinski definition) is 0. The molecule has 5 nitrogen and oxygen atoms in total. The van der Waals surface area contributed by atoms with E-state index in [4.69, 9.17) is 9.47 Å². The molecule has 0 spiro atoms. The Labute approximate surface area is 99.7 Å². The van der Waals surface area contributed by atoms with Gasteiger partial charge >= 0.3 is 0 Å². The van der Waals surface area contributed by atoms with Gasteiger partial charge in [-0.15, -0.1) is 4.37 Å². The Bertz CT molecular complexity index is 326. The molecule has 0 N–H and O–H groups in total. The summed E-state index contributed by atoms with van der Waals surface area (Å²) in [5, 5.41) is 0. The smallest absolute Gasteiger partial charge is 0.271 e. The van der Waals surface area contributed by atoms with Crippen LogP contribution in [0, 0.1) is 0 Å². The number of rotatable bonds is 4. The van der Waals surface area contributed by atoms with Crippen LogP contribution in [0.2, 0.25) is 0 Å². The van der Waals surface area contributed by atoms with Gasteiger partial charge in [-0.2, -0.15) is 4.37 Å². The number of morpholine rings is 1. The Morgan fingerprint density at radius 3 is 2.88 bits per heavy atom. The highest BCUT2D eigenvalue weighted by Gasteiger charge is 2.20. The molecule has 0 amide bonds. The van der Waals surface area contributed by atoms with Gasteiger partial charge < -0.3 is 14.4 Å². The van der Waals surface area contributed by atoms with Crippen molar-refractivity contribution in [2.45, 2.75) is 26.4 Å². The van der Waals surface area contributed by atoms with Crippen molar-refractivity contribution in [2.75, 3.05) is 31.2 Å². The minimum atomic E-state index is 0.184. The van der Waals surface area contributed by atoms with Crippen LogP contribution in [0.4, 0.5) is 5.82 Å². The first kappa shape index (κ1) is 11.6. The van der Waals surface area contributed by atoms with E-state index in [0.29, 0.717) is 5.88 Å². The lowest BCUT2D eigenvalue weighted by Gasteiger charge is -2.27. The van der Waals surface area contributed by atoms with Gasteiger partial charge in [0.2, 0.25) is 5.82 Å². The molecule has 1 aliphatic rings. The van der Waals surface area contributed by atoms with Crippen LogP contribution in [0.3, 0.4) is 0 Å². The molecule has 0 aromatic carbocycles. The Kier molecular flexibility index (Phi) is 3.95. The Morgan fingerprint density at radius 2 is 2.19 bits per heavy atom. The van der Waals surface area contributed by atoms with Crippen LogP contribution in [0.15, 0.2) is 0 Å². The van der Waals surface area contributed by atoms with Gasteiger partial charge in [-0.3, -0.25) is 0 Å². The molecule has 6 heteroatoms. The minimum absolute atomic E-state index is 0.184. The van der Waals surface area contributed by atoms with Crippen molar-refractivity contribution in [3.63, 3.8) is 0 Å². The maximum Gasteiger partial charge on any atom is 0.271 e. The minimum Gasteiger partial charge on any atom is -0.471 e. The second kappa shape index (κ2) is 5.45. The summed E-state index contributed by atoms with van der Waals surface area (Å²) >= 11 is 1.20. The lowest BCUT2D eigenvalue weighted by atomic mass is 10.3. The van der Waals surface area contributed by atoms with Gasteiger partial charge in [-0.1, -0.05) is 6.92 Å². The molecule has 1 fully saturated rings. The lowest BCUT2D eigenvalue weighted by Crippen LogP contribution is -2.36. The Hall–Kier alpha value is -0.880. The molecule has 1 saturated heterocycles. The molecule has 2 heterocycles. The number of aromatic nitrogens is 2. The van der Waals surface area contributed by atoms with Gasteiger partial charge in [-0.25, -0.2) is 0 Å². The maximum absolute atomic E-state index is 5.74. The van der Waals surface area contributed by atoms with Crippen LogP contribution < -0.4 is 9.64 Å². The van der Waals surface area contributed by atoms with Crippen molar-refractivity contribution in [3.8, 4) is 5.88 Å². The molecule has 0 bridgehead atoms. The van der Waals surface area contributed by atoms with Crippen molar-refractivity contribution in [1.29, 1.82) is 0 Å². The zero-order valence-corrected chi connectivity index (χ0v) is 10.5. The van der Waals surface area contributed by atoms with E-state index >= 15 is 0 Å². The first-order valence-corrected chi connectivity index (χ1v) is 6.36. The van der Waals surface area contributed by atoms with Crippen molar-refractivity contribution in [2.24, 2.45) is 0 Å². The second-order valence-electron chi connectivity index (χ2n) is 3.83. The molecule has 0 radical (unpaired) electrons. The van der Waals surface area contributed by atoms with Crippen molar-refractivity contribution in [3.05, 3.63) is 0 Å². The van der Waals surface area contributed by atoms with E-state index < -0.39 is 0 Å². The fourth-order valence-electron chi connectivity index (χ4n) is 1.49. The van der Waals surface area contributed by atoms with Crippen LogP contribution in [0.25, 0.3) is 0 Å². The maximum atomic E-state index is 5.74. The average Bonchev–Trinajstić information content (AvgIpc) is 2.78. The third-order valence-electron chi connectivity index (χ3n) is 2.64. The normalized spacial score (nSPS) is 18.5. The lowest BCUT2D eigenvalue weighted by molar-refractivity contribution is 0.121. The predicted molar refractivity (Wildman–Crippen MR) is 63.3 cm³/mol. The fraction of sp³-hybridized carbons (Fsp3) is 0.800. The molecule has 2 rings (SSSR count). The molecular weight excluding hydrogens is 226 g/mol. The van der Waals surface area contributed by atoms with Crippen molar-refractivity contribution >= 4 is 17.5 Å². The van der Waals surface area contributed by atoms with E-state index in [2.05, 4.69) is 20.6 Å². The van der Waals surface area contributed by atoms with E-state index in [1.165, 1.54) is 11.7 Å². The Morgan fingerprint density at radius 1 is 1.44 bits per heavy atom. The molecular formula is C10H17N3O2S. The molecule has 16 heavy (non-hydrogen) atoms. The summed E-state index contributed by atoms with van der Waals surface area (Å²) < 4.78 is 19.6. The van der Waals surface area contributed by atoms with E-state index in [1.54, 1.807) is 0 Å². The van der Waals surface area contributed by atoms with E-state index in [-0.39, 0.29) is 6.10 Å². The largest absolute Gasteiger partial charge is 0.471 e. The summed E-state index contributed by atoms with van der Waals surface area (Å²) in [7, 11) is 0. The van der Waals surface area contributed by atoms with Gasteiger partial charge in [0.05, 0.1) is 31.0 Å². The summed E-state index contributed by atoms with van der Waals surface area (Å²) in [4.78, 5) is 2.17. The van der Waals surface area contributed by atoms with E-state index in [9.17, 15) is 0 Å². The Balaban J connectivity index is 2.05. The van der Waals surface area contributed by atoms with E-state index in [1.807, 2.05) is 6.92 Å². The summed E-state index contributed by atoms with van der Waals surface area (Å²) in [6.45, 7) is 7.37. The van der Waals surface area contributed by atoms with Gasteiger partial charge in [-0.05, 0) is 13.3 Å². The highest BCUT2D eigenvalue weighted by Crippen LogP contribution is 2.27. The molecule has 1 atom stereocenters. The summed E-state index contributed by atoms with van der Waals surface area (Å²) in [6.07, 6.45) is 1.16. The summed E-state index contributed by atoms with van der Waals surface area (Å²) in [6, 6.07) is 0. The molecule has 0 aliphatic carbocycles. The number of anilines is 1. The monoisotopic (exact) mass is 243 g/mol. The van der Waals surface area contributed by atoms with Gasteiger partial charge in [0.25, 0.3) is 5.88 Å². The predicted octanol–water partition coefficient (Wildman–Crippen LogP) is 1.55. The van der Waals surface area contributed by atoms with Crippen LogP contribution in [-0.4, -0.2) is 41.2 Å². The molecule has 1 aromatic rings. The molecule has 90 valence electrons. The highest BCUT2D eigenvalue weighted by atomic mass is 32.1. The fourth-order valence-corrected chi connectivity index (χ4v) is 2.00. The van der Waals surface area contributed by atoms with Crippen LogP contribution in [0.5, 0.6) is 5.88 Å². The molecule has 0 saturated carbocycles. The summed E-state index contributed by atoms with van der Waals surface area (Å²) in [5.74, 6) is 1.54. The summed E-state index contributed by atoms with van der Waals surface area (Å²) in [5.41, 5.74) is 0. The quantitative estimate of drug-likeness (QED) is 0.803. The van der Waals surface area contributed by atoms with E-state index in [0.717, 1.165) is 38.5 Å². The zero-order valence-electron chi connectivity index (χ0n) is 9.68. The van der Waals surface area contributed by atoms with Crippen molar-refractivity contribution < 1.29 is 9.47 Å². The topological polar surface area (TPSA) is 47.5 Å². The van der Waals surface area contributed by atoms with Crippen LogP contribution in [0.1, 0.15) is 20.3 Å². The number of hydrogen-bond acceptors (Lipinski definition) is 6. The van der Waals surface area contributed by atoms with Crippen molar-refractivity contribution in [1.82, 2.24) is 8.75 Å². The second-order valence-corrected chi connectivity index (χ2v) is 4.36. The first-order chi connectivity index (χ1) is 7.81. The average molecular weight is 243 g/mol. The third-order valence-corrected chi connectivity index (χ3v) is 3.14. The van der Waals surface area contributed by atoms with Gasteiger partial charge in [0.15, 0.2) is 0 Å². The van der Waals surface area contributed by atoms with Crippen LogP contribution >= 0.6 is 11.7 Å². The number of nitrogens with zero attached hydrogens (tertiary/aromatic N) is 3. The zero-order chi connectivity index (χ0) is 11.4. The molecule has 1 unspecified atom stereocenters. The number of ether oxygens (including phenoxy) is 2. The van der Waals surface area contributed by atoms with Gasteiger partial charge in [0.1, 0.15) is 0 Å². The van der Waals surface area contributed by atoms with Gasteiger partial charge in [0, 0.05) is 13.1 Å².